The van der Waals surface area contributed by atoms with Gasteiger partial charge in [0.1, 0.15) is 5.60 Å². The van der Waals surface area contributed by atoms with Crippen molar-refractivity contribution in [1.82, 2.24) is 4.98 Å². The third-order valence-corrected chi connectivity index (χ3v) is 3.37. The standard InChI is InChI=1S/C14H21NO/c1-13(2,3)11-8-7-10-6-5-9-14(4,16)12(10)15-11/h7-8,16H,5-6,9H2,1-4H3/t14-/m0/s1. The molecule has 0 spiro atoms. The van der Waals surface area contributed by atoms with Gasteiger partial charge in [-0.25, -0.2) is 0 Å². The van der Waals surface area contributed by atoms with E-state index in [0.29, 0.717) is 0 Å². The molecule has 2 rings (SSSR count). The number of aliphatic hydroxyl groups is 1. The lowest BCUT2D eigenvalue weighted by Gasteiger charge is -2.31. The van der Waals surface area contributed by atoms with Crippen molar-refractivity contribution in [3.63, 3.8) is 0 Å². The minimum Gasteiger partial charge on any atom is -0.384 e. The van der Waals surface area contributed by atoms with Crippen molar-refractivity contribution in [3.05, 3.63) is 29.1 Å². The second-order valence-corrected chi connectivity index (χ2v) is 6.08. The number of rotatable bonds is 0. The Morgan fingerprint density at radius 3 is 2.62 bits per heavy atom. The fourth-order valence-electron chi connectivity index (χ4n) is 2.32. The number of hydrogen-bond donors (Lipinski definition) is 1. The Labute approximate surface area is 97.7 Å². The molecule has 0 unspecified atom stereocenters. The van der Waals surface area contributed by atoms with Crippen molar-refractivity contribution < 1.29 is 5.11 Å². The molecular formula is C14H21NO. The lowest BCUT2D eigenvalue weighted by Crippen LogP contribution is -2.30. The first-order valence-electron chi connectivity index (χ1n) is 6.04. The van der Waals surface area contributed by atoms with E-state index in [1.807, 2.05) is 6.92 Å². The minimum atomic E-state index is -0.741. The molecule has 1 heterocycles. The van der Waals surface area contributed by atoms with Gasteiger partial charge in [0.05, 0.1) is 5.69 Å². The van der Waals surface area contributed by atoms with Gasteiger partial charge in [-0.1, -0.05) is 26.8 Å². The maximum atomic E-state index is 10.4. The number of aryl methyl sites for hydroxylation is 1. The van der Waals surface area contributed by atoms with E-state index < -0.39 is 5.60 Å². The quantitative estimate of drug-likeness (QED) is 0.727. The monoisotopic (exact) mass is 219 g/mol. The van der Waals surface area contributed by atoms with Crippen LogP contribution >= 0.6 is 0 Å². The molecule has 88 valence electrons. The largest absolute Gasteiger partial charge is 0.384 e. The Morgan fingerprint density at radius 2 is 2.00 bits per heavy atom. The van der Waals surface area contributed by atoms with Crippen LogP contribution in [0.1, 0.15) is 57.5 Å². The molecule has 0 fully saturated rings. The van der Waals surface area contributed by atoms with Crippen LogP contribution in [0.4, 0.5) is 0 Å². The molecule has 1 aromatic rings. The predicted octanol–water partition coefficient (Wildman–Crippen LogP) is 2.92. The molecular weight excluding hydrogens is 198 g/mol. The highest BCUT2D eigenvalue weighted by molar-refractivity contribution is 5.31. The lowest BCUT2D eigenvalue weighted by atomic mass is 9.82. The molecule has 0 aliphatic heterocycles. The molecule has 0 aromatic carbocycles. The maximum Gasteiger partial charge on any atom is 0.104 e. The van der Waals surface area contributed by atoms with Crippen LogP contribution in [-0.4, -0.2) is 10.1 Å². The van der Waals surface area contributed by atoms with Crippen molar-refractivity contribution in [2.75, 3.05) is 0 Å². The Morgan fingerprint density at radius 1 is 1.31 bits per heavy atom. The van der Waals surface area contributed by atoms with Crippen molar-refractivity contribution in [2.45, 2.75) is 58.0 Å². The van der Waals surface area contributed by atoms with E-state index >= 15 is 0 Å². The number of hydrogen-bond acceptors (Lipinski definition) is 2. The second-order valence-electron chi connectivity index (χ2n) is 6.08. The molecule has 0 saturated heterocycles. The molecule has 1 aliphatic carbocycles. The zero-order valence-electron chi connectivity index (χ0n) is 10.7. The highest BCUT2D eigenvalue weighted by atomic mass is 16.3. The first-order valence-corrected chi connectivity index (χ1v) is 6.04. The van der Waals surface area contributed by atoms with Gasteiger partial charge in [0.15, 0.2) is 0 Å². The predicted molar refractivity (Wildman–Crippen MR) is 65.4 cm³/mol. The summed E-state index contributed by atoms with van der Waals surface area (Å²) >= 11 is 0. The van der Waals surface area contributed by atoms with Gasteiger partial charge in [0, 0.05) is 11.1 Å². The third-order valence-electron chi connectivity index (χ3n) is 3.37. The summed E-state index contributed by atoms with van der Waals surface area (Å²) in [4.78, 5) is 4.69. The first kappa shape index (κ1) is 11.6. The molecule has 16 heavy (non-hydrogen) atoms. The summed E-state index contributed by atoms with van der Waals surface area (Å²) in [5, 5.41) is 10.4. The van der Waals surface area contributed by atoms with Gasteiger partial charge in [-0.15, -0.1) is 0 Å². The molecule has 0 bridgehead atoms. The van der Waals surface area contributed by atoms with Crippen LogP contribution in [0.25, 0.3) is 0 Å². The average molecular weight is 219 g/mol. The Balaban J connectivity index is 2.52. The molecule has 1 N–H and O–H groups in total. The highest BCUT2D eigenvalue weighted by Gasteiger charge is 2.32. The van der Waals surface area contributed by atoms with Crippen molar-refractivity contribution in [2.24, 2.45) is 0 Å². The van der Waals surface area contributed by atoms with Crippen LogP contribution in [0.5, 0.6) is 0 Å². The zero-order chi connectivity index (χ0) is 12.0. The first-order chi connectivity index (χ1) is 7.31. The van der Waals surface area contributed by atoms with Crippen molar-refractivity contribution in [3.8, 4) is 0 Å². The summed E-state index contributed by atoms with van der Waals surface area (Å²) in [6.45, 7) is 8.34. The van der Waals surface area contributed by atoms with E-state index in [1.54, 1.807) is 0 Å². The summed E-state index contributed by atoms with van der Waals surface area (Å²) in [6.07, 6.45) is 2.92. The molecule has 1 aliphatic rings. The van der Waals surface area contributed by atoms with E-state index in [9.17, 15) is 5.11 Å². The molecule has 1 aromatic heterocycles. The fourth-order valence-corrected chi connectivity index (χ4v) is 2.32. The van der Waals surface area contributed by atoms with Crippen LogP contribution in [0.15, 0.2) is 12.1 Å². The fraction of sp³-hybridized carbons (Fsp3) is 0.643. The topological polar surface area (TPSA) is 33.1 Å². The minimum absolute atomic E-state index is 0.0442. The van der Waals surface area contributed by atoms with Gasteiger partial charge in [0.2, 0.25) is 0 Å². The van der Waals surface area contributed by atoms with E-state index in [2.05, 4.69) is 37.9 Å². The summed E-state index contributed by atoms with van der Waals surface area (Å²) in [7, 11) is 0. The molecule has 1 atom stereocenters. The van der Waals surface area contributed by atoms with Crippen LogP contribution in [0, 0.1) is 0 Å². The number of pyridine rings is 1. The van der Waals surface area contributed by atoms with Crippen LogP contribution in [0.2, 0.25) is 0 Å². The number of nitrogens with zero attached hydrogens (tertiary/aromatic N) is 1. The van der Waals surface area contributed by atoms with E-state index in [0.717, 1.165) is 30.7 Å². The molecule has 0 radical (unpaired) electrons. The number of aromatic nitrogens is 1. The van der Waals surface area contributed by atoms with Crippen LogP contribution < -0.4 is 0 Å². The molecule has 2 heteroatoms. The van der Waals surface area contributed by atoms with Gasteiger partial charge in [-0.05, 0) is 37.8 Å². The normalized spacial score (nSPS) is 25.3. The van der Waals surface area contributed by atoms with Gasteiger partial charge in [0.25, 0.3) is 0 Å². The summed E-state index contributed by atoms with van der Waals surface area (Å²) < 4.78 is 0. The maximum absolute atomic E-state index is 10.4. The van der Waals surface area contributed by atoms with E-state index in [1.165, 1.54) is 5.56 Å². The third kappa shape index (κ3) is 1.99. The smallest absolute Gasteiger partial charge is 0.104 e. The SMILES string of the molecule is CC(C)(C)c1ccc2c(n1)[C@@](C)(O)CCC2. The van der Waals surface area contributed by atoms with Gasteiger partial charge < -0.3 is 5.11 Å². The average Bonchev–Trinajstić information content (AvgIpc) is 2.15. The molecule has 2 nitrogen and oxygen atoms in total. The summed E-state index contributed by atoms with van der Waals surface area (Å²) in [5.74, 6) is 0. The second kappa shape index (κ2) is 3.56. The number of fused-ring (bicyclic) bond motifs is 1. The summed E-state index contributed by atoms with van der Waals surface area (Å²) in [5.41, 5.74) is 2.47. The zero-order valence-corrected chi connectivity index (χ0v) is 10.7. The molecule has 0 saturated carbocycles. The lowest BCUT2D eigenvalue weighted by molar-refractivity contribution is 0.0336. The Bertz CT molecular complexity index is 402. The van der Waals surface area contributed by atoms with E-state index in [4.69, 9.17) is 0 Å². The van der Waals surface area contributed by atoms with Gasteiger partial charge >= 0.3 is 0 Å². The van der Waals surface area contributed by atoms with Crippen molar-refractivity contribution >= 4 is 0 Å². The Hall–Kier alpha value is -0.890. The highest BCUT2D eigenvalue weighted by Crippen LogP contribution is 2.35. The van der Waals surface area contributed by atoms with E-state index in [-0.39, 0.29) is 5.41 Å². The Kier molecular flexibility index (Phi) is 2.58. The van der Waals surface area contributed by atoms with Crippen LogP contribution in [0.3, 0.4) is 0 Å². The van der Waals surface area contributed by atoms with Gasteiger partial charge in [-0.2, -0.15) is 0 Å². The summed E-state index contributed by atoms with van der Waals surface area (Å²) in [6, 6.07) is 4.23. The van der Waals surface area contributed by atoms with Gasteiger partial charge in [-0.3, -0.25) is 4.98 Å². The molecule has 0 amide bonds. The van der Waals surface area contributed by atoms with Crippen molar-refractivity contribution in [1.29, 1.82) is 0 Å². The van der Waals surface area contributed by atoms with Crippen LogP contribution in [-0.2, 0) is 17.4 Å².